The molecule has 0 aliphatic heterocycles. The lowest BCUT2D eigenvalue weighted by Crippen LogP contribution is -2.13. The maximum Gasteiger partial charge on any atom is 0.146 e. The highest BCUT2D eigenvalue weighted by Crippen LogP contribution is 2.18. The zero-order chi connectivity index (χ0) is 13.0. The van der Waals surface area contributed by atoms with Gasteiger partial charge in [0.15, 0.2) is 0 Å². The zero-order valence-corrected chi connectivity index (χ0v) is 11.2. The first-order chi connectivity index (χ1) is 8.70. The summed E-state index contributed by atoms with van der Waals surface area (Å²) in [5.74, 6) is -0.348. The van der Waals surface area contributed by atoms with Gasteiger partial charge in [0, 0.05) is 22.8 Å². The third-order valence-electron chi connectivity index (χ3n) is 2.82. The second kappa shape index (κ2) is 5.98. The van der Waals surface area contributed by atoms with Gasteiger partial charge in [0.2, 0.25) is 0 Å². The van der Waals surface area contributed by atoms with Gasteiger partial charge in [0.1, 0.15) is 5.82 Å². The van der Waals surface area contributed by atoms with Crippen LogP contribution in [0.5, 0.6) is 0 Å². The molecule has 0 aliphatic carbocycles. The number of halogens is 1. The Labute approximate surface area is 111 Å². The van der Waals surface area contributed by atoms with E-state index in [1.165, 1.54) is 15.8 Å². The predicted octanol–water partition coefficient (Wildman–Crippen LogP) is 3.32. The van der Waals surface area contributed by atoms with Crippen LogP contribution in [0.3, 0.4) is 0 Å². The van der Waals surface area contributed by atoms with E-state index in [-0.39, 0.29) is 11.5 Å². The van der Waals surface area contributed by atoms with Crippen molar-refractivity contribution < 1.29 is 4.39 Å². The van der Waals surface area contributed by atoms with E-state index in [1.54, 1.807) is 6.07 Å². The minimum Gasteiger partial charge on any atom is -0.396 e. The van der Waals surface area contributed by atoms with Crippen LogP contribution < -0.4 is 11.1 Å². The van der Waals surface area contributed by atoms with Crippen LogP contribution in [0.4, 0.5) is 10.1 Å². The summed E-state index contributed by atoms with van der Waals surface area (Å²) in [6.07, 6.45) is 1.07. The summed E-state index contributed by atoms with van der Waals surface area (Å²) in [6, 6.07) is 9.19. The number of hydrogen-bond donors (Lipinski definition) is 2. The number of thiophene rings is 1. The van der Waals surface area contributed by atoms with Gasteiger partial charge in [-0.05, 0) is 30.2 Å². The van der Waals surface area contributed by atoms with Crippen LogP contribution >= 0.6 is 11.3 Å². The molecule has 0 unspecified atom stereocenters. The fourth-order valence-corrected chi connectivity index (χ4v) is 2.69. The van der Waals surface area contributed by atoms with Crippen LogP contribution in [0, 0.1) is 5.82 Å². The summed E-state index contributed by atoms with van der Waals surface area (Å²) in [4.78, 5) is 2.68. The number of aryl methyl sites for hydroxylation is 1. The van der Waals surface area contributed by atoms with Gasteiger partial charge in [0.25, 0.3) is 0 Å². The normalized spacial score (nSPS) is 10.8. The molecule has 0 amide bonds. The lowest BCUT2D eigenvalue weighted by molar-refractivity contribution is 0.626. The van der Waals surface area contributed by atoms with Gasteiger partial charge in [-0.15, -0.1) is 11.3 Å². The van der Waals surface area contributed by atoms with Crippen molar-refractivity contribution in [1.29, 1.82) is 0 Å². The third-order valence-corrected chi connectivity index (χ3v) is 4.05. The molecule has 3 N–H and O–H groups in total. The van der Waals surface area contributed by atoms with E-state index < -0.39 is 0 Å². The predicted molar refractivity (Wildman–Crippen MR) is 75.1 cm³/mol. The standard InChI is InChI=1S/C14H17FN2S/c1-2-11-6-7-12(18-11)9-17-8-10-4-3-5-13(15)14(10)16/h3-7,17H,2,8-9,16H2,1H3. The second-order valence-electron chi connectivity index (χ2n) is 4.14. The van der Waals surface area contributed by atoms with E-state index in [1.807, 2.05) is 17.4 Å². The summed E-state index contributed by atoms with van der Waals surface area (Å²) in [6.45, 7) is 3.53. The summed E-state index contributed by atoms with van der Waals surface area (Å²) in [5, 5.41) is 3.29. The van der Waals surface area contributed by atoms with E-state index in [0.717, 1.165) is 18.5 Å². The molecule has 1 aromatic heterocycles. The maximum absolute atomic E-state index is 13.2. The van der Waals surface area contributed by atoms with Gasteiger partial charge in [-0.25, -0.2) is 4.39 Å². The van der Waals surface area contributed by atoms with Crippen LogP contribution in [0.1, 0.15) is 22.2 Å². The van der Waals surface area contributed by atoms with Crippen LogP contribution in [-0.2, 0) is 19.5 Å². The van der Waals surface area contributed by atoms with E-state index in [9.17, 15) is 4.39 Å². The molecule has 0 aliphatic rings. The molecule has 2 rings (SSSR count). The number of nitrogen functional groups attached to an aromatic ring is 1. The molecule has 1 aromatic carbocycles. The highest BCUT2D eigenvalue weighted by molar-refractivity contribution is 7.11. The molecule has 0 fully saturated rings. The van der Waals surface area contributed by atoms with Crippen LogP contribution in [0.2, 0.25) is 0 Å². The number of hydrogen-bond acceptors (Lipinski definition) is 3. The monoisotopic (exact) mass is 264 g/mol. The number of nitrogens with one attached hydrogen (secondary N) is 1. The van der Waals surface area contributed by atoms with Crippen LogP contribution in [0.15, 0.2) is 30.3 Å². The number of nitrogens with two attached hydrogens (primary N) is 1. The molecule has 0 atom stereocenters. The van der Waals surface area contributed by atoms with Gasteiger partial charge >= 0.3 is 0 Å². The van der Waals surface area contributed by atoms with Crippen molar-refractivity contribution in [2.45, 2.75) is 26.4 Å². The van der Waals surface area contributed by atoms with Gasteiger partial charge in [-0.3, -0.25) is 0 Å². The van der Waals surface area contributed by atoms with Crippen molar-refractivity contribution in [2.75, 3.05) is 5.73 Å². The molecule has 2 nitrogen and oxygen atoms in total. The van der Waals surface area contributed by atoms with Gasteiger partial charge in [0.05, 0.1) is 5.69 Å². The van der Waals surface area contributed by atoms with E-state index in [4.69, 9.17) is 5.73 Å². The molecule has 1 heterocycles. The Morgan fingerprint density at radius 1 is 1.17 bits per heavy atom. The van der Waals surface area contributed by atoms with Crippen molar-refractivity contribution in [2.24, 2.45) is 0 Å². The average molecular weight is 264 g/mol. The Morgan fingerprint density at radius 2 is 1.94 bits per heavy atom. The first-order valence-corrected chi connectivity index (χ1v) is 6.83. The van der Waals surface area contributed by atoms with Crippen molar-refractivity contribution in [3.05, 3.63) is 51.5 Å². The lowest BCUT2D eigenvalue weighted by Gasteiger charge is -2.07. The summed E-state index contributed by atoms with van der Waals surface area (Å²) in [5.41, 5.74) is 6.72. The van der Waals surface area contributed by atoms with Crippen molar-refractivity contribution in [3.63, 3.8) is 0 Å². The highest BCUT2D eigenvalue weighted by Gasteiger charge is 2.04. The molecular weight excluding hydrogens is 247 g/mol. The minimum atomic E-state index is -0.348. The second-order valence-corrected chi connectivity index (χ2v) is 5.39. The quantitative estimate of drug-likeness (QED) is 0.813. The fourth-order valence-electron chi connectivity index (χ4n) is 1.76. The van der Waals surface area contributed by atoms with Gasteiger partial charge in [-0.2, -0.15) is 0 Å². The van der Waals surface area contributed by atoms with Crippen molar-refractivity contribution in [1.82, 2.24) is 5.32 Å². The third kappa shape index (κ3) is 3.09. The topological polar surface area (TPSA) is 38.0 Å². The average Bonchev–Trinajstić information content (AvgIpc) is 2.82. The summed E-state index contributed by atoms with van der Waals surface area (Å²) in [7, 11) is 0. The SMILES string of the molecule is CCc1ccc(CNCc2cccc(F)c2N)s1. The highest BCUT2D eigenvalue weighted by atomic mass is 32.1. The van der Waals surface area contributed by atoms with Crippen LogP contribution in [0.25, 0.3) is 0 Å². The zero-order valence-electron chi connectivity index (χ0n) is 10.4. The van der Waals surface area contributed by atoms with Crippen molar-refractivity contribution >= 4 is 17.0 Å². The molecule has 4 heteroatoms. The largest absolute Gasteiger partial charge is 0.396 e. The van der Waals surface area contributed by atoms with Gasteiger partial charge in [-0.1, -0.05) is 19.1 Å². The molecular formula is C14H17FN2S. The van der Waals surface area contributed by atoms with E-state index in [0.29, 0.717) is 6.54 Å². The molecule has 0 radical (unpaired) electrons. The first-order valence-electron chi connectivity index (χ1n) is 6.02. The molecule has 18 heavy (non-hydrogen) atoms. The molecule has 96 valence electrons. The lowest BCUT2D eigenvalue weighted by atomic mass is 10.1. The molecule has 0 saturated carbocycles. The summed E-state index contributed by atoms with van der Waals surface area (Å²) < 4.78 is 13.2. The molecule has 0 spiro atoms. The summed E-state index contributed by atoms with van der Waals surface area (Å²) >= 11 is 1.81. The minimum absolute atomic E-state index is 0.241. The Morgan fingerprint density at radius 3 is 2.67 bits per heavy atom. The first kappa shape index (κ1) is 13.1. The number of para-hydroxylation sites is 1. The number of anilines is 1. The molecule has 2 aromatic rings. The smallest absolute Gasteiger partial charge is 0.146 e. The number of rotatable bonds is 5. The van der Waals surface area contributed by atoms with Crippen LogP contribution in [-0.4, -0.2) is 0 Å². The fraction of sp³-hybridized carbons (Fsp3) is 0.286. The van der Waals surface area contributed by atoms with Gasteiger partial charge < -0.3 is 11.1 Å². The Hall–Kier alpha value is -1.39. The number of benzene rings is 1. The molecule has 0 bridgehead atoms. The Balaban J connectivity index is 1.90. The maximum atomic E-state index is 13.2. The van der Waals surface area contributed by atoms with Crippen molar-refractivity contribution in [3.8, 4) is 0 Å². The van der Waals surface area contributed by atoms with E-state index in [2.05, 4.69) is 24.4 Å². The molecule has 0 saturated heterocycles. The Kier molecular flexibility index (Phi) is 4.33. The van der Waals surface area contributed by atoms with E-state index >= 15 is 0 Å². The Bertz CT molecular complexity index is 522.